The van der Waals surface area contributed by atoms with E-state index in [4.69, 9.17) is 0 Å². The van der Waals surface area contributed by atoms with Crippen LogP contribution in [0.5, 0.6) is 0 Å². The highest BCUT2D eigenvalue weighted by Crippen LogP contribution is 2.35. The van der Waals surface area contributed by atoms with Crippen LogP contribution in [0.1, 0.15) is 64.5 Å². The molecule has 0 radical (unpaired) electrons. The average molecular weight is 359 g/mol. The summed E-state index contributed by atoms with van der Waals surface area (Å²) in [5, 5.41) is 0. The smallest absolute Gasteiger partial charge is 0.00293 e. The molecule has 1 atom stereocenters. The van der Waals surface area contributed by atoms with Gasteiger partial charge in [0.25, 0.3) is 0 Å². The number of rotatable bonds is 8. The van der Waals surface area contributed by atoms with E-state index in [9.17, 15) is 0 Å². The zero-order chi connectivity index (χ0) is 19.3. The van der Waals surface area contributed by atoms with Crippen molar-refractivity contribution in [2.75, 3.05) is 40.3 Å². The first-order chi connectivity index (χ1) is 12.2. The topological polar surface area (TPSA) is 6.48 Å². The molecule has 0 aliphatic carbocycles. The van der Waals surface area contributed by atoms with Gasteiger partial charge in [0, 0.05) is 13.1 Å². The highest BCUT2D eigenvalue weighted by atomic mass is 15.1. The second kappa shape index (κ2) is 9.37. The molecule has 1 heterocycles. The molecule has 1 saturated heterocycles. The first kappa shape index (κ1) is 21.4. The predicted molar refractivity (Wildman–Crippen MR) is 115 cm³/mol. The van der Waals surface area contributed by atoms with Gasteiger partial charge < -0.3 is 9.80 Å². The minimum Gasteiger partial charge on any atom is -0.309 e. The van der Waals surface area contributed by atoms with Crippen LogP contribution in [0.3, 0.4) is 0 Å². The lowest BCUT2D eigenvalue weighted by molar-refractivity contribution is 0.0729. The molecule has 1 aliphatic rings. The van der Waals surface area contributed by atoms with E-state index in [1.54, 1.807) is 0 Å². The third kappa shape index (κ3) is 6.39. The summed E-state index contributed by atoms with van der Waals surface area (Å²) < 4.78 is 0. The second-order valence-electron chi connectivity index (χ2n) is 10.0. The summed E-state index contributed by atoms with van der Waals surface area (Å²) >= 11 is 0. The fourth-order valence-corrected chi connectivity index (χ4v) is 4.79. The molecule has 0 amide bonds. The Morgan fingerprint density at radius 2 is 1.62 bits per heavy atom. The van der Waals surface area contributed by atoms with Gasteiger partial charge in [-0.15, -0.1) is 0 Å². The Morgan fingerprint density at radius 3 is 2.12 bits per heavy atom. The van der Waals surface area contributed by atoms with E-state index in [0.717, 1.165) is 11.8 Å². The molecular formula is C24H42N2. The number of likely N-dealkylation sites (tertiary alicyclic amines) is 1. The lowest BCUT2D eigenvalue weighted by atomic mass is 9.73. The van der Waals surface area contributed by atoms with Crippen LogP contribution in [0.4, 0.5) is 0 Å². The number of hydrogen-bond donors (Lipinski definition) is 0. The van der Waals surface area contributed by atoms with Gasteiger partial charge >= 0.3 is 0 Å². The molecule has 2 nitrogen and oxygen atoms in total. The minimum atomic E-state index is 0.430. The van der Waals surface area contributed by atoms with Gasteiger partial charge in [-0.3, -0.25) is 0 Å². The number of piperidine rings is 1. The maximum Gasteiger partial charge on any atom is 0.00293 e. The molecule has 0 spiro atoms. The molecule has 1 aromatic rings. The molecule has 26 heavy (non-hydrogen) atoms. The van der Waals surface area contributed by atoms with Gasteiger partial charge in [-0.1, -0.05) is 58.9 Å². The molecule has 2 rings (SSSR count). The van der Waals surface area contributed by atoms with Crippen molar-refractivity contribution in [3.8, 4) is 0 Å². The molecule has 1 aliphatic heterocycles. The zero-order valence-corrected chi connectivity index (χ0v) is 18.4. The van der Waals surface area contributed by atoms with E-state index in [0.29, 0.717) is 11.3 Å². The van der Waals surface area contributed by atoms with E-state index in [1.165, 1.54) is 56.6 Å². The van der Waals surface area contributed by atoms with Gasteiger partial charge in [0.15, 0.2) is 0 Å². The molecule has 0 N–H and O–H groups in total. The molecule has 1 unspecified atom stereocenters. The number of benzene rings is 1. The van der Waals surface area contributed by atoms with Crippen molar-refractivity contribution < 1.29 is 0 Å². The van der Waals surface area contributed by atoms with Gasteiger partial charge in [0.2, 0.25) is 0 Å². The Kier molecular flexibility index (Phi) is 7.73. The Labute approximate surface area is 163 Å². The third-order valence-electron chi connectivity index (χ3n) is 6.22. The van der Waals surface area contributed by atoms with Crippen LogP contribution in [-0.2, 0) is 6.42 Å². The Bertz CT molecular complexity index is 522. The quantitative estimate of drug-likeness (QED) is 0.623. The maximum absolute atomic E-state index is 2.70. The fraction of sp³-hybridized carbons (Fsp3) is 0.750. The summed E-state index contributed by atoms with van der Waals surface area (Å²) in [5.41, 5.74) is 3.37. The summed E-state index contributed by atoms with van der Waals surface area (Å²) in [6.07, 6.45) is 3.91. The van der Waals surface area contributed by atoms with Gasteiger partial charge in [0.05, 0.1) is 0 Å². The SMILES string of the molecule is CC(Cc1ccc(C(C)C)cc1)CN1CCC(C(C)(C)CN(C)C)CC1. The van der Waals surface area contributed by atoms with Gasteiger partial charge in [-0.25, -0.2) is 0 Å². The molecule has 148 valence electrons. The maximum atomic E-state index is 2.70. The average Bonchev–Trinajstić information content (AvgIpc) is 2.54. The van der Waals surface area contributed by atoms with Crippen LogP contribution in [0.25, 0.3) is 0 Å². The summed E-state index contributed by atoms with van der Waals surface area (Å²) in [6, 6.07) is 9.29. The van der Waals surface area contributed by atoms with Crippen molar-refractivity contribution in [2.45, 2.75) is 59.8 Å². The van der Waals surface area contributed by atoms with E-state index >= 15 is 0 Å². The standard InChI is InChI=1S/C24H42N2/c1-19(2)22-10-8-21(9-11-22)16-20(3)17-26-14-12-23(13-15-26)24(4,5)18-25(6)7/h8-11,19-20,23H,12-18H2,1-7H3. The third-order valence-corrected chi connectivity index (χ3v) is 6.22. The van der Waals surface area contributed by atoms with Crippen LogP contribution in [0.15, 0.2) is 24.3 Å². The Balaban J connectivity index is 1.78. The lowest BCUT2D eigenvalue weighted by Crippen LogP contribution is -2.43. The second-order valence-corrected chi connectivity index (χ2v) is 10.0. The summed E-state index contributed by atoms with van der Waals surface area (Å²) in [7, 11) is 4.40. The minimum absolute atomic E-state index is 0.430. The summed E-state index contributed by atoms with van der Waals surface area (Å²) in [6.45, 7) is 16.8. The van der Waals surface area contributed by atoms with Crippen LogP contribution in [0.2, 0.25) is 0 Å². The Morgan fingerprint density at radius 1 is 1.04 bits per heavy atom. The summed E-state index contributed by atoms with van der Waals surface area (Å²) in [5.74, 6) is 2.21. The number of nitrogens with zero attached hydrogens (tertiary/aromatic N) is 2. The molecule has 1 fully saturated rings. The van der Waals surface area contributed by atoms with Gasteiger partial charge in [-0.05, 0) is 80.7 Å². The number of hydrogen-bond acceptors (Lipinski definition) is 2. The highest BCUT2D eigenvalue weighted by molar-refractivity contribution is 5.24. The molecule has 2 heteroatoms. The highest BCUT2D eigenvalue weighted by Gasteiger charge is 2.33. The molecule has 0 aromatic heterocycles. The summed E-state index contributed by atoms with van der Waals surface area (Å²) in [4.78, 5) is 5.05. The van der Waals surface area contributed by atoms with Crippen LogP contribution in [0, 0.1) is 17.3 Å². The molecule has 0 saturated carbocycles. The van der Waals surface area contributed by atoms with E-state index in [1.807, 2.05) is 0 Å². The van der Waals surface area contributed by atoms with Crippen LogP contribution in [-0.4, -0.2) is 50.1 Å². The van der Waals surface area contributed by atoms with Crippen LogP contribution < -0.4 is 0 Å². The molecule has 0 bridgehead atoms. The predicted octanol–water partition coefficient (Wildman–Crippen LogP) is 5.29. The van der Waals surface area contributed by atoms with Gasteiger partial charge in [-0.2, -0.15) is 0 Å². The first-order valence-corrected chi connectivity index (χ1v) is 10.6. The molecule has 1 aromatic carbocycles. The van der Waals surface area contributed by atoms with Crippen molar-refractivity contribution in [1.82, 2.24) is 9.80 Å². The monoisotopic (exact) mass is 358 g/mol. The molecular weight excluding hydrogens is 316 g/mol. The van der Waals surface area contributed by atoms with Crippen molar-refractivity contribution in [1.29, 1.82) is 0 Å². The van der Waals surface area contributed by atoms with Crippen LogP contribution >= 0.6 is 0 Å². The lowest BCUT2D eigenvalue weighted by Gasteiger charge is -2.42. The zero-order valence-electron chi connectivity index (χ0n) is 18.4. The van der Waals surface area contributed by atoms with E-state index in [2.05, 4.69) is 82.8 Å². The largest absolute Gasteiger partial charge is 0.309 e. The first-order valence-electron chi connectivity index (χ1n) is 10.6. The fourth-order valence-electron chi connectivity index (χ4n) is 4.79. The van der Waals surface area contributed by atoms with Crippen molar-refractivity contribution in [3.05, 3.63) is 35.4 Å². The van der Waals surface area contributed by atoms with Gasteiger partial charge in [0.1, 0.15) is 0 Å². The van der Waals surface area contributed by atoms with Crippen molar-refractivity contribution in [3.63, 3.8) is 0 Å². The van der Waals surface area contributed by atoms with Crippen molar-refractivity contribution >= 4 is 0 Å². The normalized spacial score (nSPS) is 18.7. The Hall–Kier alpha value is -0.860. The van der Waals surface area contributed by atoms with E-state index < -0.39 is 0 Å². The van der Waals surface area contributed by atoms with Crippen molar-refractivity contribution in [2.24, 2.45) is 17.3 Å². The van der Waals surface area contributed by atoms with E-state index in [-0.39, 0.29) is 0 Å².